The minimum absolute atomic E-state index is 0.0450. The van der Waals surface area contributed by atoms with Crippen molar-refractivity contribution in [2.24, 2.45) is 0 Å². The van der Waals surface area contributed by atoms with E-state index in [4.69, 9.17) is 4.74 Å². The van der Waals surface area contributed by atoms with Crippen LogP contribution in [0.5, 0.6) is 5.75 Å². The molecule has 1 aromatic heterocycles. The summed E-state index contributed by atoms with van der Waals surface area (Å²) >= 11 is 1.32. The SMILES string of the molecule is CCCCCCCCOc1cc(C(C)(C)C)sc1C(=O)O. The normalized spacial score (nSPS) is 11.6. The fraction of sp³-hybridized carbons (Fsp3) is 0.706. The van der Waals surface area contributed by atoms with Crippen LogP contribution in [-0.4, -0.2) is 17.7 Å². The second-order valence-electron chi connectivity index (χ2n) is 6.48. The van der Waals surface area contributed by atoms with Crippen LogP contribution in [0.25, 0.3) is 0 Å². The molecule has 120 valence electrons. The van der Waals surface area contributed by atoms with Gasteiger partial charge in [-0.1, -0.05) is 59.8 Å². The lowest BCUT2D eigenvalue weighted by Crippen LogP contribution is -2.08. The van der Waals surface area contributed by atoms with Gasteiger partial charge >= 0.3 is 5.97 Å². The van der Waals surface area contributed by atoms with Crippen LogP contribution in [0.2, 0.25) is 0 Å². The Balaban J connectivity index is 2.50. The molecule has 4 heteroatoms. The third kappa shape index (κ3) is 6.08. The molecule has 0 aliphatic heterocycles. The number of rotatable bonds is 9. The van der Waals surface area contributed by atoms with E-state index in [-0.39, 0.29) is 5.41 Å². The molecule has 1 rings (SSSR count). The standard InChI is InChI=1S/C17H28O3S/c1-5-6-7-8-9-10-11-20-13-12-14(17(2,3)4)21-15(13)16(18)19/h12H,5-11H2,1-4H3,(H,18,19). The summed E-state index contributed by atoms with van der Waals surface area (Å²) in [7, 11) is 0. The molecular formula is C17H28O3S. The molecule has 21 heavy (non-hydrogen) atoms. The lowest BCUT2D eigenvalue weighted by Gasteiger charge is -2.14. The Hall–Kier alpha value is -1.03. The zero-order valence-corrected chi connectivity index (χ0v) is 14.5. The van der Waals surface area contributed by atoms with E-state index in [9.17, 15) is 9.90 Å². The van der Waals surface area contributed by atoms with Crippen molar-refractivity contribution in [1.29, 1.82) is 0 Å². The van der Waals surface area contributed by atoms with Gasteiger partial charge in [0.1, 0.15) is 5.75 Å². The lowest BCUT2D eigenvalue weighted by atomic mass is 9.95. The molecule has 1 aromatic rings. The highest BCUT2D eigenvalue weighted by Gasteiger charge is 2.23. The van der Waals surface area contributed by atoms with Crippen molar-refractivity contribution in [3.63, 3.8) is 0 Å². The van der Waals surface area contributed by atoms with E-state index in [1.807, 2.05) is 6.07 Å². The van der Waals surface area contributed by atoms with E-state index in [2.05, 4.69) is 27.7 Å². The highest BCUT2D eigenvalue weighted by Crippen LogP contribution is 2.36. The molecule has 0 aliphatic carbocycles. The number of carbonyl (C=O) groups is 1. The van der Waals surface area contributed by atoms with Gasteiger partial charge in [-0.05, 0) is 17.9 Å². The third-order valence-electron chi connectivity index (χ3n) is 3.39. The van der Waals surface area contributed by atoms with Crippen molar-refractivity contribution in [1.82, 2.24) is 0 Å². The Morgan fingerprint density at radius 3 is 2.38 bits per heavy atom. The van der Waals surface area contributed by atoms with Crippen LogP contribution in [0.1, 0.15) is 80.8 Å². The van der Waals surface area contributed by atoms with Gasteiger partial charge in [0, 0.05) is 4.88 Å². The first-order valence-corrected chi connectivity index (χ1v) is 8.68. The first kappa shape index (κ1) is 18.0. The molecule has 0 unspecified atom stereocenters. The summed E-state index contributed by atoms with van der Waals surface area (Å²) in [5.41, 5.74) is -0.0450. The number of thiophene rings is 1. The zero-order valence-electron chi connectivity index (χ0n) is 13.7. The van der Waals surface area contributed by atoms with E-state index in [0.29, 0.717) is 17.2 Å². The van der Waals surface area contributed by atoms with Crippen LogP contribution in [0.15, 0.2) is 6.07 Å². The van der Waals surface area contributed by atoms with Crippen molar-refractivity contribution in [2.75, 3.05) is 6.61 Å². The number of carboxylic acids is 1. The van der Waals surface area contributed by atoms with Gasteiger partial charge < -0.3 is 9.84 Å². The average Bonchev–Trinajstić information content (AvgIpc) is 2.82. The van der Waals surface area contributed by atoms with Gasteiger partial charge in [-0.2, -0.15) is 0 Å². The molecule has 1 N–H and O–H groups in total. The fourth-order valence-electron chi connectivity index (χ4n) is 2.06. The second kappa shape index (κ2) is 8.42. The Morgan fingerprint density at radius 2 is 1.81 bits per heavy atom. The predicted octanol–water partition coefficient (Wildman–Crippen LogP) is 5.48. The zero-order chi connectivity index (χ0) is 15.9. The number of hydrogen-bond donors (Lipinski definition) is 1. The van der Waals surface area contributed by atoms with Crippen molar-refractivity contribution < 1.29 is 14.6 Å². The van der Waals surface area contributed by atoms with Gasteiger partial charge in [-0.25, -0.2) is 4.79 Å². The topological polar surface area (TPSA) is 46.5 Å². The van der Waals surface area contributed by atoms with E-state index < -0.39 is 5.97 Å². The van der Waals surface area contributed by atoms with Gasteiger partial charge in [-0.15, -0.1) is 11.3 Å². The van der Waals surface area contributed by atoms with Crippen molar-refractivity contribution in [2.45, 2.75) is 71.6 Å². The maximum absolute atomic E-state index is 11.3. The molecule has 0 saturated carbocycles. The highest BCUT2D eigenvalue weighted by molar-refractivity contribution is 7.14. The molecule has 0 aromatic carbocycles. The van der Waals surface area contributed by atoms with E-state index in [1.54, 1.807) is 0 Å². The van der Waals surface area contributed by atoms with Gasteiger partial charge in [-0.3, -0.25) is 0 Å². The Labute approximate surface area is 132 Å². The van der Waals surface area contributed by atoms with E-state index in [1.165, 1.54) is 37.0 Å². The van der Waals surface area contributed by atoms with Crippen LogP contribution in [0.3, 0.4) is 0 Å². The van der Waals surface area contributed by atoms with Crippen LogP contribution in [-0.2, 0) is 5.41 Å². The number of unbranched alkanes of at least 4 members (excludes halogenated alkanes) is 5. The molecule has 0 fully saturated rings. The summed E-state index contributed by atoms with van der Waals surface area (Å²) in [6.07, 6.45) is 7.21. The summed E-state index contributed by atoms with van der Waals surface area (Å²) in [6, 6.07) is 1.89. The smallest absolute Gasteiger partial charge is 0.349 e. The van der Waals surface area contributed by atoms with Crippen LogP contribution < -0.4 is 4.74 Å². The summed E-state index contributed by atoms with van der Waals surface area (Å²) in [5, 5.41) is 9.27. The second-order valence-corrected chi connectivity index (χ2v) is 7.53. The summed E-state index contributed by atoms with van der Waals surface area (Å²) in [4.78, 5) is 12.7. The van der Waals surface area contributed by atoms with Crippen LogP contribution in [0.4, 0.5) is 0 Å². The molecule has 0 atom stereocenters. The molecule has 0 spiro atoms. The molecule has 0 aliphatic rings. The Morgan fingerprint density at radius 1 is 1.19 bits per heavy atom. The fourth-order valence-corrected chi connectivity index (χ4v) is 3.06. The third-order valence-corrected chi connectivity index (χ3v) is 4.92. The lowest BCUT2D eigenvalue weighted by molar-refractivity contribution is 0.0698. The molecule has 0 bridgehead atoms. The van der Waals surface area contributed by atoms with Gasteiger partial charge in [0.05, 0.1) is 6.61 Å². The van der Waals surface area contributed by atoms with Gasteiger partial charge in [0.15, 0.2) is 4.88 Å². The van der Waals surface area contributed by atoms with Crippen molar-refractivity contribution >= 4 is 17.3 Å². The Bertz CT molecular complexity index is 443. The number of carboxylic acid groups (broad SMARTS) is 1. The van der Waals surface area contributed by atoms with Crippen LogP contribution in [0, 0.1) is 0 Å². The molecule has 3 nitrogen and oxygen atoms in total. The molecule has 0 amide bonds. The molecule has 0 saturated heterocycles. The summed E-state index contributed by atoms with van der Waals surface area (Å²) in [5.74, 6) is -0.362. The maximum atomic E-state index is 11.3. The van der Waals surface area contributed by atoms with Crippen LogP contribution >= 0.6 is 11.3 Å². The number of ether oxygens (including phenoxy) is 1. The highest BCUT2D eigenvalue weighted by atomic mass is 32.1. The van der Waals surface area contributed by atoms with E-state index >= 15 is 0 Å². The number of hydrogen-bond acceptors (Lipinski definition) is 3. The first-order valence-electron chi connectivity index (χ1n) is 7.86. The molecular weight excluding hydrogens is 284 g/mol. The molecule has 0 radical (unpaired) electrons. The average molecular weight is 312 g/mol. The first-order chi connectivity index (χ1) is 9.86. The van der Waals surface area contributed by atoms with Gasteiger partial charge in [0.2, 0.25) is 0 Å². The van der Waals surface area contributed by atoms with Crippen molar-refractivity contribution in [3.8, 4) is 5.75 Å². The minimum atomic E-state index is -0.895. The quantitative estimate of drug-likeness (QED) is 0.614. The van der Waals surface area contributed by atoms with E-state index in [0.717, 1.165) is 17.7 Å². The minimum Gasteiger partial charge on any atom is -0.492 e. The predicted molar refractivity (Wildman–Crippen MR) is 88.8 cm³/mol. The molecule has 1 heterocycles. The summed E-state index contributed by atoms with van der Waals surface area (Å²) < 4.78 is 5.71. The largest absolute Gasteiger partial charge is 0.492 e. The van der Waals surface area contributed by atoms with Crippen molar-refractivity contribution in [3.05, 3.63) is 15.8 Å². The number of aromatic carboxylic acids is 1. The monoisotopic (exact) mass is 312 g/mol. The van der Waals surface area contributed by atoms with Gasteiger partial charge in [0.25, 0.3) is 0 Å². The Kier molecular flexibility index (Phi) is 7.23. The maximum Gasteiger partial charge on any atom is 0.349 e. The summed E-state index contributed by atoms with van der Waals surface area (Å²) in [6.45, 7) is 9.07.